The highest BCUT2D eigenvalue weighted by atomic mass is 35.5. The van der Waals surface area contributed by atoms with Crippen molar-refractivity contribution in [3.63, 3.8) is 0 Å². The van der Waals surface area contributed by atoms with Gasteiger partial charge >= 0.3 is 0 Å². The van der Waals surface area contributed by atoms with Crippen molar-refractivity contribution in [2.45, 2.75) is 24.5 Å². The Morgan fingerprint density at radius 3 is 2.38 bits per heavy atom. The third-order valence-corrected chi connectivity index (χ3v) is 3.78. The molecule has 1 amide bonds. The van der Waals surface area contributed by atoms with Crippen molar-refractivity contribution in [2.24, 2.45) is 0 Å². The molecule has 4 heteroatoms. The van der Waals surface area contributed by atoms with Crippen molar-refractivity contribution < 1.29 is 4.79 Å². The van der Waals surface area contributed by atoms with Crippen LogP contribution in [0.3, 0.4) is 0 Å². The van der Waals surface area contributed by atoms with Gasteiger partial charge in [-0.1, -0.05) is 17.7 Å². The molecule has 0 aliphatic rings. The number of hydrogen-bond donors (Lipinski definition) is 1. The molecule has 0 aromatic heterocycles. The number of carbonyl (C=O) groups is 1. The van der Waals surface area contributed by atoms with E-state index in [4.69, 9.17) is 11.6 Å². The van der Waals surface area contributed by atoms with Crippen LogP contribution in [-0.2, 0) is 4.79 Å². The van der Waals surface area contributed by atoms with E-state index >= 15 is 0 Å². The molecule has 0 saturated carbocycles. The van der Waals surface area contributed by atoms with Crippen molar-refractivity contribution in [1.29, 1.82) is 0 Å². The van der Waals surface area contributed by atoms with Gasteiger partial charge in [0.15, 0.2) is 0 Å². The van der Waals surface area contributed by atoms with Crippen LogP contribution in [0.4, 0.5) is 5.69 Å². The monoisotopic (exact) mass is 257 g/mol. The van der Waals surface area contributed by atoms with Gasteiger partial charge in [0, 0.05) is 5.69 Å². The van der Waals surface area contributed by atoms with Crippen LogP contribution < -0.4 is 5.32 Å². The second-order valence-corrected chi connectivity index (χ2v) is 5.36. The maximum absolute atomic E-state index is 11.9. The number of benzene rings is 1. The van der Waals surface area contributed by atoms with Crippen LogP contribution in [0, 0.1) is 6.92 Å². The van der Waals surface area contributed by atoms with Crippen molar-refractivity contribution in [3.8, 4) is 0 Å². The number of hydrogen-bond acceptors (Lipinski definition) is 2. The molecule has 88 valence electrons. The summed E-state index contributed by atoms with van der Waals surface area (Å²) >= 11 is 7.41. The SMILES string of the molecule is CS[C@@H](C(=O)Nc1ccc(C)cc1)[C@@H](C)Cl. The molecule has 1 aromatic rings. The number of carbonyl (C=O) groups excluding carboxylic acids is 1. The molecular formula is C12H16ClNOS. The van der Waals surface area contributed by atoms with Gasteiger partial charge in [0.05, 0.1) is 10.6 Å². The zero-order valence-electron chi connectivity index (χ0n) is 9.66. The van der Waals surface area contributed by atoms with Crippen molar-refractivity contribution in [3.05, 3.63) is 29.8 Å². The molecule has 0 saturated heterocycles. The minimum Gasteiger partial charge on any atom is -0.325 e. The normalized spacial score (nSPS) is 14.2. The summed E-state index contributed by atoms with van der Waals surface area (Å²) in [6, 6.07) is 7.72. The minimum absolute atomic E-state index is 0.0427. The van der Waals surface area contributed by atoms with Gasteiger partial charge in [-0.15, -0.1) is 11.6 Å². The van der Waals surface area contributed by atoms with Crippen LogP contribution in [0.25, 0.3) is 0 Å². The summed E-state index contributed by atoms with van der Waals surface area (Å²) in [6.45, 7) is 3.84. The lowest BCUT2D eigenvalue weighted by molar-refractivity contribution is -0.115. The Morgan fingerprint density at radius 1 is 1.38 bits per heavy atom. The fourth-order valence-corrected chi connectivity index (χ4v) is 2.42. The Kier molecular flexibility index (Phi) is 5.16. The van der Waals surface area contributed by atoms with Crippen LogP contribution in [0.1, 0.15) is 12.5 Å². The fourth-order valence-electron chi connectivity index (χ4n) is 1.35. The smallest absolute Gasteiger partial charge is 0.238 e. The van der Waals surface area contributed by atoms with E-state index in [9.17, 15) is 4.79 Å². The molecular weight excluding hydrogens is 242 g/mol. The first-order valence-corrected chi connectivity index (χ1v) is 6.81. The predicted molar refractivity (Wildman–Crippen MR) is 72.4 cm³/mol. The molecule has 1 aromatic carbocycles. The zero-order valence-corrected chi connectivity index (χ0v) is 11.2. The number of nitrogens with one attached hydrogen (secondary N) is 1. The highest BCUT2D eigenvalue weighted by molar-refractivity contribution is 8.00. The summed E-state index contributed by atoms with van der Waals surface area (Å²) in [7, 11) is 0. The Bertz CT molecular complexity index is 351. The Balaban J connectivity index is 2.66. The molecule has 1 rings (SSSR count). The second-order valence-electron chi connectivity index (χ2n) is 3.69. The molecule has 0 fully saturated rings. The summed E-state index contributed by atoms with van der Waals surface area (Å²) in [4.78, 5) is 11.9. The lowest BCUT2D eigenvalue weighted by Crippen LogP contribution is -2.31. The second kappa shape index (κ2) is 6.16. The van der Waals surface area contributed by atoms with Crippen molar-refractivity contribution in [2.75, 3.05) is 11.6 Å². The van der Waals surface area contributed by atoms with Gasteiger partial charge in [0.2, 0.25) is 5.91 Å². The summed E-state index contributed by atoms with van der Waals surface area (Å²) in [6.07, 6.45) is 1.89. The van der Waals surface area contributed by atoms with Crippen LogP contribution in [0.5, 0.6) is 0 Å². The number of alkyl halides is 1. The zero-order chi connectivity index (χ0) is 12.1. The molecule has 0 bridgehead atoms. The summed E-state index contributed by atoms with van der Waals surface area (Å²) < 4.78 is 0. The van der Waals surface area contributed by atoms with Crippen LogP contribution >= 0.6 is 23.4 Å². The molecule has 0 aliphatic heterocycles. The van der Waals surface area contributed by atoms with Crippen LogP contribution in [0.2, 0.25) is 0 Å². The first-order chi connectivity index (χ1) is 7.54. The van der Waals surface area contributed by atoms with E-state index in [1.54, 1.807) is 0 Å². The van der Waals surface area contributed by atoms with Gasteiger partial charge in [-0.3, -0.25) is 4.79 Å². The Morgan fingerprint density at radius 2 is 1.94 bits per heavy atom. The quantitative estimate of drug-likeness (QED) is 0.839. The number of amides is 1. The average Bonchev–Trinajstić information content (AvgIpc) is 2.22. The average molecular weight is 258 g/mol. The molecule has 0 heterocycles. The number of aryl methyl sites for hydroxylation is 1. The molecule has 16 heavy (non-hydrogen) atoms. The number of halogens is 1. The maximum Gasteiger partial charge on any atom is 0.238 e. The maximum atomic E-state index is 11.9. The predicted octanol–water partition coefficient (Wildman–Crippen LogP) is 3.29. The molecule has 0 aliphatic carbocycles. The molecule has 0 unspecified atom stereocenters. The molecule has 0 radical (unpaired) electrons. The van der Waals surface area contributed by atoms with E-state index in [0.717, 1.165) is 5.69 Å². The van der Waals surface area contributed by atoms with E-state index in [1.165, 1.54) is 17.3 Å². The summed E-state index contributed by atoms with van der Waals surface area (Å²) in [5, 5.41) is 2.46. The van der Waals surface area contributed by atoms with Crippen LogP contribution in [-0.4, -0.2) is 22.8 Å². The topological polar surface area (TPSA) is 29.1 Å². The Labute approximate surface area is 106 Å². The number of rotatable bonds is 4. The first kappa shape index (κ1) is 13.4. The summed E-state index contributed by atoms with van der Waals surface area (Å²) in [5.41, 5.74) is 1.98. The molecule has 2 atom stereocenters. The van der Waals surface area contributed by atoms with E-state index < -0.39 is 0 Å². The van der Waals surface area contributed by atoms with E-state index in [2.05, 4.69) is 5.32 Å². The largest absolute Gasteiger partial charge is 0.325 e. The Hall–Kier alpha value is -0.670. The number of thioether (sulfide) groups is 1. The van der Waals surface area contributed by atoms with Crippen molar-refractivity contribution >= 4 is 35.0 Å². The third kappa shape index (κ3) is 3.72. The van der Waals surface area contributed by atoms with Gasteiger partial charge < -0.3 is 5.32 Å². The van der Waals surface area contributed by atoms with Crippen LogP contribution in [0.15, 0.2) is 24.3 Å². The molecule has 2 nitrogen and oxygen atoms in total. The van der Waals surface area contributed by atoms with Gasteiger partial charge in [-0.05, 0) is 32.2 Å². The van der Waals surface area contributed by atoms with E-state index in [1.807, 2.05) is 44.4 Å². The standard InChI is InChI=1S/C12H16ClNOS/c1-8-4-6-10(7-5-8)14-12(15)11(16-3)9(2)13/h4-7,9,11H,1-3H3,(H,14,15)/t9-,11-/m1/s1. The van der Waals surface area contributed by atoms with Gasteiger partial charge in [-0.2, -0.15) is 11.8 Å². The summed E-state index contributed by atoms with van der Waals surface area (Å²) in [5.74, 6) is -0.0427. The molecule has 0 spiro atoms. The minimum atomic E-state index is -0.219. The van der Waals surface area contributed by atoms with Gasteiger partial charge in [0.25, 0.3) is 0 Å². The number of anilines is 1. The third-order valence-electron chi connectivity index (χ3n) is 2.25. The van der Waals surface area contributed by atoms with Gasteiger partial charge in [-0.25, -0.2) is 0 Å². The van der Waals surface area contributed by atoms with E-state index in [0.29, 0.717) is 0 Å². The highest BCUT2D eigenvalue weighted by Gasteiger charge is 2.22. The van der Waals surface area contributed by atoms with Gasteiger partial charge in [0.1, 0.15) is 0 Å². The lowest BCUT2D eigenvalue weighted by Gasteiger charge is -2.16. The van der Waals surface area contributed by atoms with Crippen molar-refractivity contribution in [1.82, 2.24) is 0 Å². The first-order valence-electron chi connectivity index (χ1n) is 5.09. The van der Waals surface area contributed by atoms with E-state index in [-0.39, 0.29) is 16.5 Å². The highest BCUT2D eigenvalue weighted by Crippen LogP contribution is 2.18. The lowest BCUT2D eigenvalue weighted by atomic mass is 10.2. The molecule has 1 N–H and O–H groups in total. The fraction of sp³-hybridized carbons (Fsp3) is 0.417.